The maximum absolute atomic E-state index is 3.47. The van der Waals surface area contributed by atoms with Crippen molar-refractivity contribution in [1.29, 1.82) is 0 Å². The van der Waals surface area contributed by atoms with Gasteiger partial charge in [0.2, 0.25) is 0 Å². The summed E-state index contributed by atoms with van der Waals surface area (Å²) in [5.74, 6) is 0. The van der Waals surface area contributed by atoms with Crippen LogP contribution < -0.4 is 5.32 Å². The minimum absolute atomic E-state index is 0.722. The molecule has 1 N–H and O–H groups in total. The topological polar surface area (TPSA) is 12.0 Å². The van der Waals surface area contributed by atoms with Gasteiger partial charge >= 0.3 is 0 Å². The standard InChI is InChI=1S/C10H12BrN/c11-9-3-1-2-8(6-9)7-10-4-5-12-10/h1-3,6,10,12H,4-5,7H2. The molecule has 2 rings (SSSR count). The number of rotatable bonds is 2. The molecule has 1 atom stereocenters. The van der Waals surface area contributed by atoms with Crippen LogP contribution in [0.1, 0.15) is 12.0 Å². The molecule has 1 unspecified atom stereocenters. The summed E-state index contributed by atoms with van der Waals surface area (Å²) in [5, 5.41) is 3.40. The molecule has 1 heterocycles. The molecule has 1 saturated heterocycles. The van der Waals surface area contributed by atoms with Crippen LogP contribution >= 0.6 is 15.9 Å². The van der Waals surface area contributed by atoms with E-state index in [2.05, 4.69) is 45.5 Å². The largest absolute Gasteiger partial charge is 0.314 e. The van der Waals surface area contributed by atoms with E-state index in [1.165, 1.54) is 29.4 Å². The predicted molar refractivity (Wildman–Crippen MR) is 54.3 cm³/mol. The van der Waals surface area contributed by atoms with Gasteiger partial charge in [0.25, 0.3) is 0 Å². The van der Waals surface area contributed by atoms with Gasteiger partial charge in [-0.15, -0.1) is 0 Å². The Morgan fingerprint density at radius 1 is 1.50 bits per heavy atom. The summed E-state index contributed by atoms with van der Waals surface area (Å²) in [7, 11) is 0. The van der Waals surface area contributed by atoms with Gasteiger partial charge in [-0.25, -0.2) is 0 Å². The highest BCUT2D eigenvalue weighted by atomic mass is 79.9. The Bertz CT molecular complexity index is 268. The molecule has 0 amide bonds. The van der Waals surface area contributed by atoms with E-state index in [-0.39, 0.29) is 0 Å². The first-order valence-electron chi connectivity index (χ1n) is 4.32. The van der Waals surface area contributed by atoms with Gasteiger partial charge < -0.3 is 5.32 Å². The fourth-order valence-corrected chi connectivity index (χ4v) is 1.92. The lowest BCUT2D eigenvalue weighted by Crippen LogP contribution is -2.44. The van der Waals surface area contributed by atoms with Crippen molar-refractivity contribution in [1.82, 2.24) is 5.32 Å². The fourth-order valence-electron chi connectivity index (χ4n) is 1.47. The highest BCUT2D eigenvalue weighted by molar-refractivity contribution is 9.10. The SMILES string of the molecule is Brc1cccc(CC2CCN2)c1. The molecule has 1 aliphatic heterocycles. The molecule has 0 aromatic heterocycles. The van der Waals surface area contributed by atoms with Crippen molar-refractivity contribution >= 4 is 15.9 Å². The minimum Gasteiger partial charge on any atom is -0.314 e. The van der Waals surface area contributed by atoms with Crippen LogP contribution in [0.4, 0.5) is 0 Å². The van der Waals surface area contributed by atoms with Gasteiger partial charge in [-0.3, -0.25) is 0 Å². The van der Waals surface area contributed by atoms with E-state index in [0.29, 0.717) is 0 Å². The summed E-state index contributed by atoms with van der Waals surface area (Å²) in [6, 6.07) is 9.26. The fraction of sp³-hybridized carbons (Fsp3) is 0.400. The summed E-state index contributed by atoms with van der Waals surface area (Å²) >= 11 is 3.47. The average molecular weight is 226 g/mol. The van der Waals surface area contributed by atoms with Gasteiger partial charge in [-0.2, -0.15) is 0 Å². The third-order valence-corrected chi connectivity index (χ3v) is 2.79. The van der Waals surface area contributed by atoms with Crippen LogP contribution in [0.3, 0.4) is 0 Å². The molecule has 12 heavy (non-hydrogen) atoms. The van der Waals surface area contributed by atoms with Gasteiger partial charge in [0.15, 0.2) is 0 Å². The van der Waals surface area contributed by atoms with Crippen LogP contribution in [0.15, 0.2) is 28.7 Å². The molecular weight excluding hydrogens is 214 g/mol. The quantitative estimate of drug-likeness (QED) is 0.816. The summed E-state index contributed by atoms with van der Waals surface area (Å²) < 4.78 is 1.18. The zero-order valence-corrected chi connectivity index (χ0v) is 8.47. The molecule has 1 aliphatic rings. The maximum atomic E-state index is 3.47. The van der Waals surface area contributed by atoms with Gasteiger partial charge in [0.05, 0.1) is 0 Å². The highest BCUT2D eigenvalue weighted by Gasteiger charge is 2.15. The molecule has 0 bridgehead atoms. The van der Waals surface area contributed by atoms with Crippen LogP contribution in [-0.4, -0.2) is 12.6 Å². The van der Waals surface area contributed by atoms with Crippen molar-refractivity contribution in [3.8, 4) is 0 Å². The normalized spacial score (nSPS) is 21.9. The monoisotopic (exact) mass is 225 g/mol. The van der Waals surface area contributed by atoms with E-state index >= 15 is 0 Å². The van der Waals surface area contributed by atoms with Gasteiger partial charge in [0, 0.05) is 10.5 Å². The first-order chi connectivity index (χ1) is 5.84. The second-order valence-corrected chi connectivity index (χ2v) is 4.19. The Labute approximate surface area is 81.3 Å². The minimum atomic E-state index is 0.722. The van der Waals surface area contributed by atoms with Crippen molar-refractivity contribution in [2.45, 2.75) is 18.9 Å². The molecule has 0 radical (unpaired) electrons. The summed E-state index contributed by atoms with van der Waals surface area (Å²) in [6.45, 7) is 1.19. The number of nitrogens with one attached hydrogen (secondary N) is 1. The Hall–Kier alpha value is -0.340. The van der Waals surface area contributed by atoms with E-state index in [4.69, 9.17) is 0 Å². The van der Waals surface area contributed by atoms with Crippen LogP contribution in [-0.2, 0) is 6.42 Å². The summed E-state index contributed by atoms with van der Waals surface area (Å²) in [5.41, 5.74) is 1.42. The first kappa shape index (κ1) is 8.27. The van der Waals surface area contributed by atoms with Crippen molar-refractivity contribution in [3.63, 3.8) is 0 Å². The molecule has 2 heteroatoms. The third kappa shape index (κ3) is 1.87. The predicted octanol–water partition coefficient (Wildman–Crippen LogP) is 2.35. The van der Waals surface area contributed by atoms with Crippen LogP contribution in [0.25, 0.3) is 0 Å². The second kappa shape index (κ2) is 3.58. The van der Waals surface area contributed by atoms with Crippen molar-refractivity contribution in [3.05, 3.63) is 34.3 Å². The number of hydrogen-bond acceptors (Lipinski definition) is 1. The molecule has 1 aromatic rings. The summed E-state index contributed by atoms with van der Waals surface area (Å²) in [4.78, 5) is 0. The van der Waals surface area contributed by atoms with E-state index in [1.807, 2.05) is 0 Å². The third-order valence-electron chi connectivity index (χ3n) is 2.30. The van der Waals surface area contributed by atoms with Crippen molar-refractivity contribution in [2.24, 2.45) is 0 Å². The van der Waals surface area contributed by atoms with Gasteiger partial charge in [0.1, 0.15) is 0 Å². The molecule has 1 aromatic carbocycles. The van der Waals surface area contributed by atoms with Crippen molar-refractivity contribution in [2.75, 3.05) is 6.54 Å². The van der Waals surface area contributed by atoms with Crippen molar-refractivity contribution < 1.29 is 0 Å². The van der Waals surface area contributed by atoms with Crippen LogP contribution in [0, 0.1) is 0 Å². The zero-order chi connectivity index (χ0) is 8.39. The summed E-state index contributed by atoms with van der Waals surface area (Å²) in [6.07, 6.45) is 2.49. The highest BCUT2D eigenvalue weighted by Crippen LogP contribution is 2.15. The van der Waals surface area contributed by atoms with E-state index in [1.54, 1.807) is 0 Å². The Morgan fingerprint density at radius 2 is 2.33 bits per heavy atom. The number of halogens is 1. The Balaban J connectivity index is 2.02. The molecule has 0 aliphatic carbocycles. The lowest BCUT2D eigenvalue weighted by molar-refractivity contribution is 0.369. The molecule has 0 saturated carbocycles. The molecule has 0 spiro atoms. The molecule has 1 fully saturated rings. The van der Waals surface area contributed by atoms with E-state index < -0.39 is 0 Å². The lowest BCUT2D eigenvalue weighted by atomic mass is 9.98. The Kier molecular flexibility index (Phi) is 2.47. The average Bonchev–Trinajstić information content (AvgIpc) is 1.97. The smallest absolute Gasteiger partial charge is 0.0178 e. The zero-order valence-electron chi connectivity index (χ0n) is 6.89. The van der Waals surface area contributed by atoms with Crippen LogP contribution in [0.2, 0.25) is 0 Å². The van der Waals surface area contributed by atoms with E-state index in [9.17, 15) is 0 Å². The van der Waals surface area contributed by atoms with Gasteiger partial charge in [-0.05, 0) is 37.1 Å². The first-order valence-corrected chi connectivity index (χ1v) is 5.12. The number of hydrogen-bond donors (Lipinski definition) is 1. The Morgan fingerprint density at radius 3 is 2.92 bits per heavy atom. The van der Waals surface area contributed by atoms with Crippen LogP contribution in [0.5, 0.6) is 0 Å². The number of benzene rings is 1. The second-order valence-electron chi connectivity index (χ2n) is 3.27. The molecule has 64 valence electrons. The lowest BCUT2D eigenvalue weighted by Gasteiger charge is -2.27. The molecule has 1 nitrogen and oxygen atoms in total. The van der Waals surface area contributed by atoms with Gasteiger partial charge in [-0.1, -0.05) is 28.1 Å². The van der Waals surface area contributed by atoms with E-state index in [0.717, 1.165) is 6.04 Å². The molecular formula is C10H12BrN. The maximum Gasteiger partial charge on any atom is 0.0178 e.